The first-order chi connectivity index (χ1) is 8.38. The van der Waals surface area contributed by atoms with Gasteiger partial charge in [-0.2, -0.15) is 0 Å². The first-order valence-electron chi connectivity index (χ1n) is 6.87. The Kier molecular flexibility index (Phi) is 7.83. The van der Waals surface area contributed by atoms with Gasteiger partial charge in [0, 0.05) is 6.42 Å². The summed E-state index contributed by atoms with van der Waals surface area (Å²) in [5, 5.41) is 0. The molecule has 0 spiro atoms. The summed E-state index contributed by atoms with van der Waals surface area (Å²) in [6.07, 6.45) is 3.47. The highest BCUT2D eigenvalue weighted by Gasteiger charge is 2.42. The van der Waals surface area contributed by atoms with E-state index in [2.05, 4.69) is 6.92 Å². The first kappa shape index (κ1) is 17.1. The second kappa shape index (κ2) is 8.25. The molecule has 0 aromatic rings. The zero-order valence-electron chi connectivity index (χ0n) is 12.1. The van der Waals surface area contributed by atoms with Crippen molar-refractivity contribution in [2.45, 2.75) is 65.3 Å². The smallest absolute Gasteiger partial charge is 0.333 e. The Bertz CT molecular complexity index is 276. The maximum Gasteiger partial charge on any atom is 0.333 e. The third-order valence-corrected chi connectivity index (χ3v) is 2.91. The Morgan fingerprint density at radius 2 is 1.83 bits per heavy atom. The number of esters is 1. The molecule has 0 aromatic carbocycles. The van der Waals surface area contributed by atoms with Crippen molar-refractivity contribution >= 4 is 11.8 Å². The number of hydrogen-bond donors (Lipinski definition) is 1. The van der Waals surface area contributed by atoms with Crippen molar-refractivity contribution in [3.63, 3.8) is 0 Å². The van der Waals surface area contributed by atoms with E-state index < -0.39 is 11.5 Å². The van der Waals surface area contributed by atoms with Gasteiger partial charge in [-0.1, -0.05) is 40.0 Å². The molecule has 0 fully saturated rings. The molecule has 0 aromatic heterocycles. The van der Waals surface area contributed by atoms with Gasteiger partial charge in [-0.15, -0.1) is 0 Å². The van der Waals surface area contributed by atoms with Crippen LogP contribution in [-0.4, -0.2) is 23.9 Å². The van der Waals surface area contributed by atoms with E-state index >= 15 is 0 Å². The van der Waals surface area contributed by atoms with Gasteiger partial charge in [-0.3, -0.25) is 4.79 Å². The van der Waals surface area contributed by atoms with E-state index in [1.165, 1.54) is 0 Å². The van der Waals surface area contributed by atoms with Crippen LogP contribution in [0.1, 0.15) is 59.8 Å². The summed E-state index contributed by atoms with van der Waals surface area (Å²) in [7, 11) is 0. The summed E-state index contributed by atoms with van der Waals surface area (Å²) < 4.78 is 4.96. The second-order valence-electron chi connectivity index (χ2n) is 5.17. The molecular weight excluding hydrogens is 230 g/mol. The van der Waals surface area contributed by atoms with Crippen molar-refractivity contribution in [3.8, 4) is 0 Å². The molecule has 0 bridgehead atoms. The lowest BCUT2D eigenvalue weighted by atomic mass is 9.85. The molecule has 2 N–H and O–H groups in total. The van der Waals surface area contributed by atoms with Crippen molar-refractivity contribution in [3.05, 3.63) is 0 Å². The van der Waals surface area contributed by atoms with E-state index in [9.17, 15) is 9.59 Å². The van der Waals surface area contributed by atoms with Gasteiger partial charge >= 0.3 is 5.97 Å². The molecule has 4 nitrogen and oxygen atoms in total. The largest absolute Gasteiger partial charge is 0.464 e. The van der Waals surface area contributed by atoms with Crippen LogP contribution in [0.5, 0.6) is 0 Å². The number of unbranched alkanes of at least 4 members (excludes halogenated alkanes) is 2. The van der Waals surface area contributed by atoms with E-state index in [4.69, 9.17) is 10.5 Å². The zero-order valence-corrected chi connectivity index (χ0v) is 12.1. The molecule has 0 heterocycles. The van der Waals surface area contributed by atoms with Crippen molar-refractivity contribution in [2.75, 3.05) is 6.61 Å². The fourth-order valence-corrected chi connectivity index (χ4v) is 1.82. The van der Waals surface area contributed by atoms with E-state index in [-0.39, 0.29) is 18.3 Å². The van der Waals surface area contributed by atoms with Crippen molar-refractivity contribution in [2.24, 2.45) is 11.7 Å². The molecule has 0 saturated carbocycles. The molecule has 0 radical (unpaired) electrons. The number of ketones is 1. The monoisotopic (exact) mass is 257 g/mol. The minimum Gasteiger partial charge on any atom is -0.464 e. The van der Waals surface area contributed by atoms with Gasteiger partial charge in [0.15, 0.2) is 11.3 Å². The van der Waals surface area contributed by atoms with E-state index in [1.807, 2.05) is 13.8 Å². The molecule has 1 unspecified atom stereocenters. The average Bonchev–Trinajstić information content (AvgIpc) is 2.28. The van der Waals surface area contributed by atoms with Crippen LogP contribution in [0.25, 0.3) is 0 Å². The van der Waals surface area contributed by atoms with Gasteiger partial charge in [-0.05, 0) is 19.3 Å². The van der Waals surface area contributed by atoms with Crippen molar-refractivity contribution in [1.82, 2.24) is 0 Å². The predicted octanol–water partition coefficient (Wildman–Crippen LogP) is 2.44. The lowest BCUT2D eigenvalue weighted by Crippen LogP contribution is -2.56. The van der Waals surface area contributed by atoms with Crippen LogP contribution < -0.4 is 5.73 Å². The molecule has 18 heavy (non-hydrogen) atoms. The highest BCUT2D eigenvalue weighted by atomic mass is 16.5. The quantitative estimate of drug-likeness (QED) is 0.391. The van der Waals surface area contributed by atoms with Gasteiger partial charge in [-0.25, -0.2) is 4.79 Å². The molecule has 0 amide bonds. The summed E-state index contributed by atoms with van der Waals surface area (Å²) in [5.41, 5.74) is 4.59. The Labute approximate surface area is 110 Å². The van der Waals surface area contributed by atoms with Gasteiger partial charge in [0.2, 0.25) is 0 Å². The number of carbonyl (C=O) groups excluding carboxylic acids is 2. The SMILES string of the molecule is CCCCCC(N)(C(=O)CC(C)C)C(=O)OCC. The molecule has 106 valence electrons. The lowest BCUT2D eigenvalue weighted by molar-refractivity contribution is -0.154. The van der Waals surface area contributed by atoms with Crippen LogP contribution in [-0.2, 0) is 14.3 Å². The second-order valence-corrected chi connectivity index (χ2v) is 5.17. The molecule has 4 heteroatoms. The number of nitrogens with two attached hydrogens (primary N) is 1. The summed E-state index contributed by atoms with van der Waals surface area (Å²) in [4.78, 5) is 24.1. The Morgan fingerprint density at radius 1 is 1.22 bits per heavy atom. The number of rotatable bonds is 9. The molecule has 0 aliphatic heterocycles. The van der Waals surface area contributed by atoms with Crippen LogP contribution in [0.4, 0.5) is 0 Å². The Morgan fingerprint density at radius 3 is 2.28 bits per heavy atom. The Balaban J connectivity index is 4.77. The van der Waals surface area contributed by atoms with Crippen LogP contribution in [0, 0.1) is 5.92 Å². The van der Waals surface area contributed by atoms with Gasteiger partial charge in [0.25, 0.3) is 0 Å². The van der Waals surface area contributed by atoms with Crippen molar-refractivity contribution in [1.29, 1.82) is 0 Å². The molecular formula is C14H27NO3. The van der Waals surface area contributed by atoms with Crippen LogP contribution in [0.2, 0.25) is 0 Å². The van der Waals surface area contributed by atoms with Crippen LogP contribution in [0.15, 0.2) is 0 Å². The highest BCUT2D eigenvalue weighted by molar-refractivity contribution is 6.08. The third-order valence-electron chi connectivity index (χ3n) is 2.91. The van der Waals surface area contributed by atoms with Gasteiger partial charge < -0.3 is 10.5 Å². The van der Waals surface area contributed by atoms with Crippen LogP contribution in [0.3, 0.4) is 0 Å². The molecule has 0 aliphatic rings. The highest BCUT2D eigenvalue weighted by Crippen LogP contribution is 2.20. The van der Waals surface area contributed by atoms with Gasteiger partial charge in [0.05, 0.1) is 6.61 Å². The topological polar surface area (TPSA) is 69.4 Å². The fourth-order valence-electron chi connectivity index (χ4n) is 1.82. The zero-order chi connectivity index (χ0) is 14.2. The number of carbonyl (C=O) groups is 2. The van der Waals surface area contributed by atoms with E-state index in [0.717, 1.165) is 19.3 Å². The number of ether oxygens (including phenoxy) is 1. The maximum atomic E-state index is 12.2. The summed E-state index contributed by atoms with van der Waals surface area (Å²) in [6.45, 7) is 7.92. The number of hydrogen-bond acceptors (Lipinski definition) is 4. The van der Waals surface area contributed by atoms with Crippen molar-refractivity contribution < 1.29 is 14.3 Å². The van der Waals surface area contributed by atoms with E-state index in [1.54, 1.807) is 6.92 Å². The molecule has 1 atom stereocenters. The molecule has 0 aliphatic carbocycles. The minimum atomic E-state index is -1.45. The normalized spacial score (nSPS) is 14.3. The summed E-state index contributed by atoms with van der Waals surface area (Å²) in [6, 6.07) is 0. The third kappa shape index (κ3) is 5.17. The minimum absolute atomic E-state index is 0.195. The summed E-state index contributed by atoms with van der Waals surface area (Å²) in [5.74, 6) is -0.583. The predicted molar refractivity (Wildman–Crippen MR) is 72.2 cm³/mol. The Hall–Kier alpha value is -0.900. The summed E-state index contributed by atoms with van der Waals surface area (Å²) >= 11 is 0. The lowest BCUT2D eigenvalue weighted by Gasteiger charge is -2.26. The van der Waals surface area contributed by atoms with Gasteiger partial charge in [0.1, 0.15) is 0 Å². The average molecular weight is 257 g/mol. The molecule has 0 rings (SSSR count). The standard InChI is InChI=1S/C14H27NO3/c1-5-7-8-9-14(15,13(17)18-6-2)12(16)10-11(3)4/h11H,5-10,15H2,1-4H3. The first-order valence-corrected chi connectivity index (χ1v) is 6.87. The fraction of sp³-hybridized carbons (Fsp3) is 0.857. The number of Topliss-reactive ketones (excluding diaryl/α,β-unsaturated/α-hetero) is 1. The maximum absolute atomic E-state index is 12.2. The van der Waals surface area contributed by atoms with E-state index in [0.29, 0.717) is 12.8 Å². The van der Waals surface area contributed by atoms with Crippen LogP contribution >= 0.6 is 0 Å². The molecule has 0 saturated heterocycles.